The summed E-state index contributed by atoms with van der Waals surface area (Å²) < 4.78 is 10.5. The largest absolute Gasteiger partial charge is 0.467 e. The molecule has 3 rings (SSSR count). The number of para-hydroxylation sites is 1. The van der Waals surface area contributed by atoms with Crippen LogP contribution in [0.3, 0.4) is 0 Å². The highest BCUT2D eigenvalue weighted by Crippen LogP contribution is 2.19. The van der Waals surface area contributed by atoms with Crippen molar-refractivity contribution in [2.24, 2.45) is 0 Å². The Morgan fingerprint density at radius 3 is 2.80 bits per heavy atom. The molecule has 25 heavy (non-hydrogen) atoms. The highest BCUT2D eigenvalue weighted by molar-refractivity contribution is 6.04. The fourth-order valence-corrected chi connectivity index (χ4v) is 2.49. The SMILES string of the molecule is Cc1cc(C(=O)OC(C)C(=O)NCc2ccco2)c2ccccc2n1. The number of hydrogen-bond acceptors (Lipinski definition) is 5. The summed E-state index contributed by atoms with van der Waals surface area (Å²) in [7, 11) is 0. The molecule has 2 aromatic heterocycles. The molecule has 0 aliphatic carbocycles. The molecule has 0 aliphatic rings. The Kier molecular flexibility index (Phi) is 4.79. The molecule has 0 bridgehead atoms. The highest BCUT2D eigenvalue weighted by atomic mass is 16.5. The minimum absolute atomic E-state index is 0.241. The van der Waals surface area contributed by atoms with E-state index >= 15 is 0 Å². The second kappa shape index (κ2) is 7.17. The molecular formula is C19H18N2O4. The molecule has 0 saturated heterocycles. The van der Waals surface area contributed by atoms with Crippen molar-refractivity contribution in [2.75, 3.05) is 0 Å². The topological polar surface area (TPSA) is 81.4 Å². The molecule has 1 amide bonds. The van der Waals surface area contributed by atoms with Crippen molar-refractivity contribution in [1.82, 2.24) is 10.3 Å². The average molecular weight is 338 g/mol. The second-order valence-electron chi connectivity index (χ2n) is 5.67. The maximum absolute atomic E-state index is 12.5. The molecule has 2 heterocycles. The second-order valence-corrected chi connectivity index (χ2v) is 5.67. The van der Waals surface area contributed by atoms with E-state index in [2.05, 4.69) is 10.3 Å². The van der Waals surface area contributed by atoms with Crippen molar-refractivity contribution in [3.8, 4) is 0 Å². The van der Waals surface area contributed by atoms with Crippen molar-refractivity contribution in [2.45, 2.75) is 26.5 Å². The number of aryl methyl sites for hydroxylation is 1. The van der Waals surface area contributed by atoms with Crippen LogP contribution in [0, 0.1) is 6.92 Å². The Labute approximate surface area is 144 Å². The van der Waals surface area contributed by atoms with Crippen LogP contribution < -0.4 is 5.32 Å². The fraction of sp³-hybridized carbons (Fsp3) is 0.211. The Morgan fingerprint density at radius 2 is 2.04 bits per heavy atom. The highest BCUT2D eigenvalue weighted by Gasteiger charge is 2.21. The van der Waals surface area contributed by atoms with Crippen LogP contribution in [0.2, 0.25) is 0 Å². The first-order chi connectivity index (χ1) is 12.0. The van der Waals surface area contributed by atoms with Crippen LogP contribution in [0.25, 0.3) is 10.9 Å². The summed E-state index contributed by atoms with van der Waals surface area (Å²) in [6.07, 6.45) is 0.608. The van der Waals surface area contributed by atoms with Crippen molar-refractivity contribution in [3.05, 3.63) is 65.7 Å². The smallest absolute Gasteiger partial charge is 0.339 e. The quantitative estimate of drug-likeness (QED) is 0.723. The Balaban J connectivity index is 1.70. The lowest BCUT2D eigenvalue weighted by Crippen LogP contribution is -2.35. The standard InChI is InChI=1S/C19H18N2O4/c1-12-10-16(15-7-3-4-8-17(15)21-12)19(23)25-13(2)18(22)20-11-14-6-5-9-24-14/h3-10,13H,11H2,1-2H3,(H,20,22). The third kappa shape index (κ3) is 3.85. The van der Waals surface area contributed by atoms with E-state index in [1.807, 2.05) is 25.1 Å². The third-order valence-electron chi connectivity index (χ3n) is 3.73. The van der Waals surface area contributed by atoms with Gasteiger partial charge in [-0.1, -0.05) is 18.2 Å². The number of amides is 1. The number of hydrogen-bond donors (Lipinski definition) is 1. The summed E-state index contributed by atoms with van der Waals surface area (Å²) in [4.78, 5) is 29.0. The van der Waals surface area contributed by atoms with Crippen LogP contribution in [-0.4, -0.2) is 23.0 Å². The van der Waals surface area contributed by atoms with Gasteiger partial charge in [-0.2, -0.15) is 0 Å². The number of ether oxygens (including phenoxy) is 1. The molecule has 1 atom stereocenters. The summed E-state index contributed by atoms with van der Waals surface area (Å²) in [6, 6.07) is 12.5. The summed E-state index contributed by atoms with van der Waals surface area (Å²) in [5.74, 6) is -0.315. The number of esters is 1. The van der Waals surface area contributed by atoms with E-state index < -0.39 is 12.1 Å². The molecule has 1 N–H and O–H groups in total. The van der Waals surface area contributed by atoms with Gasteiger partial charge in [0.1, 0.15) is 5.76 Å². The summed E-state index contributed by atoms with van der Waals surface area (Å²) in [5, 5.41) is 3.36. The maximum atomic E-state index is 12.5. The number of carbonyl (C=O) groups excluding carboxylic acids is 2. The van der Waals surface area contributed by atoms with Gasteiger partial charge in [0.25, 0.3) is 5.91 Å². The molecule has 0 spiro atoms. The van der Waals surface area contributed by atoms with Gasteiger partial charge in [-0.3, -0.25) is 9.78 Å². The van der Waals surface area contributed by atoms with Crippen LogP contribution >= 0.6 is 0 Å². The first-order valence-corrected chi connectivity index (χ1v) is 7.92. The lowest BCUT2D eigenvalue weighted by molar-refractivity contribution is -0.129. The van der Waals surface area contributed by atoms with Crippen molar-refractivity contribution < 1.29 is 18.7 Å². The van der Waals surface area contributed by atoms with Crippen LogP contribution in [0.15, 0.2) is 53.1 Å². The number of aromatic nitrogens is 1. The number of carbonyl (C=O) groups is 2. The minimum atomic E-state index is -0.922. The van der Waals surface area contributed by atoms with Crippen molar-refractivity contribution >= 4 is 22.8 Å². The van der Waals surface area contributed by atoms with Gasteiger partial charge in [0.15, 0.2) is 6.10 Å². The van der Waals surface area contributed by atoms with Gasteiger partial charge in [0.2, 0.25) is 0 Å². The number of furan rings is 1. The molecule has 128 valence electrons. The average Bonchev–Trinajstić information content (AvgIpc) is 3.12. The summed E-state index contributed by atoms with van der Waals surface area (Å²) in [6.45, 7) is 3.58. The molecule has 6 heteroatoms. The van der Waals surface area contributed by atoms with E-state index in [0.717, 1.165) is 0 Å². The van der Waals surface area contributed by atoms with Crippen LogP contribution in [0.4, 0.5) is 0 Å². The molecule has 0 saturated carbocycles. The van der Waals surface area contributed by atoms with Crippen molar-refractivity contribution in [3.63, 3.8) is 0 Å². The maximum Gasteiger partial charge on any atom is 0.339 e. The van der Waals surface area contributed by atoms with Gasteiger partial charge in [-0.05, 0) is 38.1 Å². The zero-order valence-electron chi connectivity index (χ0n) is 14.0. The molecular weight excluding hydrogens is 320 g/mol. The lowest BCUT2D eigenvalue weighted by Gasteiger charge is -2.14. The molecule has 0 fully saturated rings. The normalized spacial score (nSPS) is 11.9. The molecule has 3 aromatic rings. The number of fused-ring (bicyclic) bond motifs is 1. The van der Waals surface area contributed by atoms with Crippen molar-refractivity contribution in [1.29, 1.82) is 0 Å². The van der Waals surface area contributed by atoms with Gasteiger partial charge in [0.05, 0.1) is 23.9 Å². The predicted molar refractivity (Wildman–Crippen MR) is 91.9 cm³/mol. The first kappa shape index (κ1) is 16.7. The summed E-state index contributed by atoms with van der Waals surface area (Å²) >= 11 is 0. The number of benzene rings is 1. The Bertz CT molecular complexity index is 903. The van der Waals surface area contributed by atoms with Crippen LogP contribution in [0.5, 0.6) is 0 Å². The zero-order chi connectivity index (χ0) is 17.8. The van der Waals surface area contributed by atoms with E-state index in [0.29, 0.717) is 27.9 Å². The Hall–Kier alpha value is -3.15. The molecule has 6 nitrogen and oxygen atoms in total. The number of pyridine rings is 1. The van der Waals surface area contributed by atoms with Gasteiger partial charge >= 0.3 is 5.97 Å². The Morgan fingerprint density at radius 1 is 1.24 bits per heavy atom. The monoisotopic (exact) mass is 338 g/mol. The number of nitrogens with zero attached hydrogens (tertiary/aromatic N) is 1. The van der Waals surface area contributed by atoms with E-state index in [9.17, 15) is 9.59 Å². The third-order valence-corrected chi connectivity index (χ3v) is 3.73. The van der Waals surface area contributed by atoms with E-state index in [-0.39, 0.29) is 12.5 Å². The van der Waals surface area contributed by atoms with E-state index in [1.165, 1.54) is 13.2 Å². The van der Waals surface area contributed by atoms with E-state index in [1.54, 1.807) is 24.3 Å². The van der Waals surface area contributed by atoms with Gasteiger partial charge in [-0.15, -0.1) is 0 Å². The molecule has 0 aliphatic heterocycles. The fourth-order valence-electron chi connectivity index (χ4n) is 2.49. The number of nitrogens with one attached hydrogen (secondary N) is 1. The molecule has 0 radical (unpaired) electrons. The van der Waals surface area contributed by atoms with E-state index in [4.69, 9.17) is 9.15 Å². The number of rotatable bonds is 5. The van der Waals surface area contributed by atoms with Gasteiger partial charge < -0.3 is 14.5 Å². The minimum Gasteiger partial charge on any atom is -0.467 e. The lowest BCUT2D eigenvalue weighted by atomic mass is 10.1. The van der Waals surface area contributed by atoms with Gasteiger partial charge in [0, 0.05) is 11.1 Å². The zero-order valence-corrected chi connectivity index (χ0v) is 14.0. The van der Waals surface area contributed by atoms with Crippen LogP contribution in [-0.2, 0) is 16.1 Å². The van der Waals surface area contributed by atoms with Crippen LogP contribution in [0.1, 0.15) is 28.7 Å². The predicted octanol–water partition coefficient (Wildman–Crippen LogP) is 3.00. The first-order valence-electron chi connectivity index (χ1n) is 7.92. The molecule has 1 aromatic carbocycles. The molecule has 1 unspecified atom stereocenters. The van der Waals surface area contributed by atoms with Gasteiger partial charge in [-0.25, -0.2) is 4.79 Å². The summed E-state index contributed by atoms with van der Waals surface area (Å²) in [5.41, 5.74) is 1.82.